The summed E-state index contributed by atoms with van der Waals surface area (Å²) < 4.78 is 21.8. The van der Waals surface area contributed by atoms with Gasteiger partial charge in [-0.05, 0) is 17.7 Å². The molecule has 1 aromatic rings. The van der Waals surface area contributed by atoms with Crippen LogP contribution >= 0.6 is 0 Å². The van der Waals surface area contributed by atoms with Crippen LogP contribution in [0, 0.1) is 11.3 Å². The molecule has 0 atom stereocenters. The molecule has 1 rings (SSSR count). The molecule has 0 radical (unpaired) electrons. The van der Waals surface area contributed by atoms with E-state index in [1.807, 2.05) is 6.07 Å². The second-order valence-corrected chi connectivity index (χ2v) is 5.02. The van der Waals surface area contributed by atoms with Crippen molar-refractivity contribution in [2.24, 2.45) is 0 Å². The van der Waals surface area contributed by atoms with Gasteiger partial charge in [-0.25, -0.2) is 8.42 Å². The summed E-state index contributed by atoms with van der Waals surface area (Å²) >= 11 is 0. The molecule has 0 aliphatic heterocycles. The average molecular weight is 195 g/mol. The van der Waals surface area contributed by atoms with E-state index in [2.05, 4.69) is 0 Å². The van der Waals surface area contributed by atoms with Crippen molar-refractivity contribution >= 4 is 9.84 Å². The van der Waals surface area contributed by atoms with Crippen molar-refractivity contribution in [3.63, 3.8) is 0 Å². The van der Waals surface area contributed by atoms with Crippen LogP contribution in [0.15, 0.2) is 24.3 Å². The highest BCUT2D eigenvalue weighted by Crippen LogP contribution is 2.06. The maximum absolute atomic E-state index is 10.9. The minimum Gasteiger partial charge on any atom is -0.229 e. The van der Waals surface area contributed by atoms with E-state index in [-0.39, 0.29) is 5.75 Å². The minimum absolute atomic E-state index is 0.0265. The van der Waals surface area contributed by atoms with Gasteiger partial charge >= 0.3 is 0 Å². The average Bonchev–Trinajstić information content (AvgIpc) is 2.03. The largest absolute Gasteiger partial charge is 0.229 e. The van der Waals surface area contributed by atoms with E-state index in [1.54, 1.807) is 24.3 Å². The molecule has 0 aliphatic carbocycles. The van der Waals surface area contributed by atoms with Crippen molar-refractivity contribution in [1.82, 2.24) is 0 Å². The Morgan fingerprint density at radius 2 is 1.85 bits per heavy atom. The van der Waals surface area contributed by atoms with Crippen LogP contribution in [0.1, 0.15) is 11.1 Å². The van der Waals surface area contributed by atoms with Gasteiger partial charge in [0.1, 0.15) is 0 Å². The number of rotatable bonds is 2. The predicted molar refractivity (Wildman–Crippen MR) is 49.7 cm³/mol. The van der Waals surface area contributed by atoms with Gasteiger partial charge in [0.2, 0.25) is 0 Å². The van der Waals surface area contributed by atoms with Crippen LogP contribution in [-0.2, 0) is 15.6 Å². The lowest BCUT2D eigenvalue weighted by Crippen LogP contribution is -2.00. The highest BCUT2D eigenvalue weighted by Gasteiger charge is 2.03. The fraction of sp³-hybridized carbons (Fsp3) is 0.222. The van der Waals surface area contributed by atoms with Crippen molar-refractivity contribution in [3.8, 4) is 6.07 Å². The molecule has 13 heavy (non-hydrogen) atoms. The van der Waals surface area contributed by atoms with Gasteiger partial charge in [0.05, 0.1) is 17.4 Å². The molecule has 0 bridgehead atoms. The van der Waals surface area contributed by atoms with Gasteiger partial charge in [-0.2, -0.15) is 5.26 Å². The second-order valence-electron chi connectivity index (χ2n) is 2.88. The van der Waals surface area contributed by atoms with Crippen LogP contribution < -0.4 is 0 Å². The zero-order chi connectivity index (χ0) is 9.90. The summed E-state index contributed by atoms with van der Waals surface area (Å²) in [6.07, 6.45) is 1.19. The van der Waals surface area contributed by atoms with Crippen LogP contribution in [-0.4, -0.2) is 14.7 Å². The number of sulfone groups is 1. The molecule has 0 heterocycles. The number of nitriles is 1. The predicted octanol–water partition coefficient (Wildman–Crippen LogP) is 1.10. The van der Waals surface area contributed by atoms with E-state index >= 15 is 0 Å². The molecule has 0 fully saturated rings. The maximum Gasteiger partial charge on any atom is 0.151 e. The van der Waals surface area contributed by atoms with Gasteiger partial charge in [-0.3, -0.25) is 0 Å². The van der Waals surface area contributed by atoms with Gasteiger partial charge in [-0.15, -0.1) is 0 Å². The highest BCUT2D eigenvalue weighted by molar-refractivity contribution is 7.89. The Bertz CT molecular complexity index is 426. The molecule has 0 aromatic heterocycles. The van der Waals surface area contributed by atoms with Gasteiger partial charge in [0.15, 0.2) is 9.84 Å². The summed E-state index contributed by atoms with van der Waals surface area (Å²) in [4.78, 5) is 0. The van der Waals surface area contributed by atoms with Crippen LogP contribution in [0.25, 0.3) is 0 Å². The molecule has 4 heteroatoms. The van der Waals surface area contributed by atoms with Gasteiger partial charge in [-0.1, -0.05) is 12.1 Å². The van der Waals surface area contributed by atoms with Crippen LogP contribution in [0.5, 0.6) is 0 Å². The summed E-state index contributed by atoms with van der Waals surface area (Å²) in [6.45, 7) is 0. The van der Waals surface area contributed by atoms with E-state index in [4.69, 9.17) is 5.26 Å². The van der Waals surface area contributed by atoms with Gasteiger partial charge < -0.3 is 0 Å². The Balaban J connectivity index is 2.89. The number of benzene rings is 1. The quantitative estimate of drug-likeness (QED) is 0.710. The van der Waals surface area contributed by atoms with Crippen molar-refractivity contribution in [3.05, 3.63) is 35.4 Å². The first-order chi connectivity index (χ1) is 6.01. The lowest BCUT2D eigenvalue weighted by atomic mass is 10.2. The Morgan fingerprint density at radius 1 is 1.31 bits per heavy atom. The zero-order valence-corrected chi connectivity index (χ0v) is 8.00. The van der Waals surface area contributed by atoms with Gasteiger partial charge in [0.25, 0.3) is 0 Å². The fourth-order valence-electron chi connectivity index (χ4n) is 0.978. The summed E-state index contributed by atoms with van der Waals surface area (Å²) in [5.74, 6) is 0.0265. The summed E-state index contributed by atoms with van der Waals surface area (Å²) in [6, 6.07) is 8.50. The van der Waals surface area contributed by atoms with Crippen molar-refractivity contribution in [1.29, 1.82) is 5.26 Å². The number of hydrogen-bond donors (Lipinski definition) is 0. The first-order valence-electron chi connectivity index (χ1n) is 3.68. The molecule has 0 amide bonds. The van der Waals surface area contributed by atoms with Gasteiger partial charge in [0, 0.05) is 6.26 Å². The fourth-order valence-corrected chi connectivity index (χ4v) is 1.78. The molecule has 1 aromatic carbocycles. The molecular formula is C9H9NO2S. The van der Waals surface area contributed by atoms with Crippen molar-refractivity contribution < 1.29 is 8.42 Å². The summed E-state index contributed by atoms with van der Waals surface area (Å²) in [5.41, 5.74) is 1.25. The zero-order valence-electron chi connectivity index (χ0n) is 7.19. The number of nitrogens with zero attached hydrogens (tertiary/aromatic N) is 1. The van der Waals surface area contributed by atoms with Crippen LogP contribution in [0.4, 0.5) is 0 Å². The first kappa shape index (κ1) is 9.75. The lowest BCUT2D eigenvalue weighted by Gasteiger charge is -1.98. The monoisotopic (exact) mass is 195 g/mol. The normalized spacial score (nSPS) is 10.8. The summed E-state index contributed by atoms with van der Waals surface area (Å²) in [5, 5.41) is 8.49. The molecule has 0 saturated heterocycles. The van der Waals surface area contributed by atoms with Crippen molar-refractivity contribution in [2.75, 3.05) is 6.26 Å². The number of hydrogen-bond acceptors (Lipinski definition) is 3. The van der Waals surface area contributed by atoms with E-state index in [0.717, 1.165) is 0 Å². The molecule has 0 saturated carbocycles. The highest BCUT2D eigenvalue weighted by atomic mass is 32.2. The Labute approximate surface area is 77.5 Å². The lowest BCUT2D eigenvalue weighted by molar-refractivity contribution is 0.601. The molecule has 0 N–H and O–H groups in total. The molecule has 0 unspecified atom stereocenters. The minimum atomic E-state index is -2.98. The van der Waals surface area contributed by atoms with Crippen molar-refractivity contribution in [2.45, 2.75) is 5.75 Å². The third-order valence-electron chi connectivity index (χ3n) is 1.51. The SMILES string of the molecule is CS(=O)(=O)Cc1ccc(C#N)cc1. The third-order valence-corrected chi connectivity index (χ3v) is 2.37. The molecular weight excluding hydrogens is 186 g/mol. The molecule has 0 spiro atoms. The molecule has 68 valence electrons. The molecule has 0 aliphatic rings. The maximum atomic E-state index is 10.9. The van der Waals surface area contributed by atoms with Crippen LogP contribution in [0.2, 0.25) is 0 Å². The van der Waals surface area contributed by atoms with E-state index in [0.29, 0.717) is 11.1 Å². The van der Waals surface area contributed by atoms with E-state index in [1.165, 1.54) is 6.26 Å². The first-order valence-corrected chi connectivity index (χ1v) is 5.74. The standard InChI is InChI=1S/C9H9NO2S/c1-13(11,12)7-9-4-2-8(6-10)3-5-9/h2-5H,7H2,1H3. The summed E-state index contributed by atoms with van der Waals surface area (Å²) in [7, 11) is -2.98. The van der Waals surface area contributed by atoms with E-state index in [9.17, 15) is 8.42 Å². The molecule has 3 nitrogen and oxygen atoms in total. The topological polar surface area (TPSA) is 57.9 Å². The second kappa shape index (κ2) is 3.58. The smallest absolute Gasteiger partial charge is 0.151 e. The van der Waals surface area contributed by atoms with Crippen LogP contribution in [0.3, 0.4) is 0 Å². The van der Waals surface area contributed by atoms with E-state index < -0.39 is 9.84 Å². The Morgan fingerprint density at radius 3 is 2.23 bits per heavy atom. The Hall–Kier alpha value is -1.34. The Kier molecular flexibility index (Phi) is 2.69. The third kappa shape index (κ3) is 3.26.